The van der Waals surface area contributed by atoms with Gasteiger partial charge in [0.2, 0.25) is 0 Å². The van der Waals surface area contributed by atoms with Crippen LogP contribution in [0.15, 0.2) is 46.7 Å². The van der Waals surface area contributed by atoms with E-state index < -0.39 is 17.9 Å². The molecule has 0 spiro atoms. The summed E-state index contributed by atoms with van der Waals surface area (Å²) in [6.45, 7) is 1.38. The predicted molar refractivity (Wildman–Crippen MR) is 87.1 cm³/mol. The number of aromatic nitrogens is 2. The van der Waals surface area contributed by atoms with E-state index in [0.29, 0.717) is 5.69 Å². The van der Waals surface area contributed by atoms with Gasteiger partial charge in [-0.2, -0.15) is 0 Å². The van der Waals surface area contributed by atoms with Gasteiger partial charge in [0, 0.05) is 36.1 Å². The molecule has 0 saturated carbocycles. The molecule has 1 aromatic carbocycles. The van der Waals surface area contributed by atoms with Crippen molar-refractivity contribution in [3.63, 3.8) is 0 Å². The Bertz CT molecular complexity index is 684. The van der Waals surface area contributed by atoms with Crippen molar-refractivity contribution in [2.45, 2.75) is 23.0 Å². The summed E-state index contributed by atoms with van der Waals surface area (Å²) in [5.41, 5.74) is 0.519. The van der Waals surface area contributed by atoms with Gasteiger partial charge < -0.3 is 20.3 Å². The monoisotopic (exact) mass is 334 g/mol. The zero-order chi connectivity index (χ0) is 16.8. The van der Waals surface area contributed by atoms with Crippen molar-refractivity contribution in [3.05, 3.63) is 36.7 Å². The van der Waals surface area contributed by atoms with E-state index in [0.717, 1.165) is 10.1 Å². The second kappa shape index (κ2) is 7.80. The fourth-order valence-electron chi connectivity index (χ4n) is 1.68. The van der Waals surface area contributed by atoms with E-state index in [1.165, 1.54) is 11.8 Å². The Labute approximate surface area is 138 Å². The first-order valence-electron chi connectivity index (χ1n) is 6.97. The van der Waals surface area contributed by atoms with Crippen LogP contribution in [0.4, 0.5) is 5.69 Å². The van der Waals surface area contributed by atoms with E-state index in [4.69, 9.17) is 5.11 Å². The molecule has 0 radical (unpaired) electrons. The van der Waals surface area contributed by atoms with E-state index in [-0.39, 0.29) is 6.61 Å². The fourth-order valence-corrected chi connectivity index (χ4v) is 2.49. The summed E-state index contributed by atoms with van der Waals surface area (Å²) in [5, 5.41) is 14.6. The Kier molecular flexibility index (Phi) is 5.78. The third-order valence-corrected chi connectivity index (χ3v) is 4.04. The van der Waals surface area contributed by atoms with Gasteiger partial charge in [-0.25, -0.2) is 4.98 Å². The maximum absolute atomic E-state index is 11.7. The molecular weight excluding hydrogens is 316 g/mol. The molecule has 0 aliphatic rings. The molecule has 23 heavy (non-hydrogen) atoms. The Morgan fingerprint density at radius 3 is 2.57 bits per heavy atom. The van der Waals surface area contributed by atoms with Gasteiger partial charge in [0.1, 0.15) is 0 Å². The normalized spacial score (nSPS) is 11.8. The van der Waals surface area contributed by atoms with E-state index in [1.807, 2.05) is 29.9 Å². The highest BCUT2D eigenvalue weighted by Gasteiger charge is 2.15. The van der Waals surface area contributed by atoms with Gasteiger partial charge in [-0.1, -0.05) is 11.8 Å². The lowest BCUT2D eigenvalue weighted by atomic mass is 10.3. The predicted octanol–water partition coefficient (Wildman–Crippen LogP) is 1.01. The number of amides is 2. The molecule has 0 aliphatic carbocycles. The van der Waals surface area contributed by atoms with Crippen LogP contribution in [-0.4, -0.2) is 39.1 Å². The molecule has 8 heteroatoms. The molecule has 1 heterocycles. The van der Waals surface area contributed by atoms with Crippen LogP contribution in [-0.2, 0) is 16.6 Å². The van der Waals surface area contributed by atoms with Crippen LogP contribution in [0.5, 0.6) is 0 Å². The van der Waals surface area contributed by atoms with Crippen LogP contribution in [0.3, 0.4) is 0 Å². The van der Waals surface area contributed by atoms with Crippen LogP contribution in [0.1, 0.15) is 6.92 Å². The third-order valence-electron chi connectivity index (χ3n) is 2.96. The van der Waals surface area contributed by atoms with Crippen LogP contribution in [0, 0.1) is 0 Å². The first-order chi connectivity index (χ1) is 11.0. The van der Waals surface area contributed by atoms with E-state index >= 15 is 0 Å². The minimum absolute atomic E-state index is 0.224. The molecule has 0 saturated heterocycles. The molecule has 7 nitrogen and oxygen atoms in total. The molecule has 0 unspecified atom stereocenters. The minimum atomic E-state index is -0.780. The molecule has 2 amide bonds. The van der Waals surface area contributed by atoms with Gasteiger partial charge >= 0.3 is 11.8 Å². The number of imidazole rings is 1. The smallest absolute Gasteiger partial charge is 0.313 e. The SMILES string of the molecule is C[C@@H](CO)NC(=O)C(=O)Nc1ccc(Sc2nccn2C)cc1. The van der Waals surface area contributed by atoms with Gasteiger partial charge in [-0.15, -0.1) is 0 Å². The lowest BCUT2D eigenvalue weighted by molar-refractivity contribution is -0.136. The zero-order valence-electron chi connectivity index (χ0n) is 12.8. The molecule has 3 N–H and O–H groups in total. The van der Waals surface area contributed by atoms with Crippen LogP contribution in [0.25, 0.3) is 0 Å². The minimum Gasteiger partial charge on any atom is -0.394 e. The first kappa shape index (κ1) is 17.0. The molecule has 2 aromatic rings. The molecule has 0 bridgehead atoms. The van der Waals surface area contributed by atoms with Crippen LogP contribution in [0.2, 0.25) is 0 Å². The first-order valence-corrected chi connectivity index (χ1v) is 7.79. The standard InChI is InChI=1S/C15H18N4O3S/c1-10(9-20)17-13(21)14(22)18-11-3-5-12(6-4-11)23-15-16-7-8-19(15)2/h3-8,10,20H,9H2,1-2H3,(H,17,21)(H,18,22)/t10-/m0/s1. The molecule has 122 valence electrons. The van der Waals surface area contributed by atoms with Gasteiger partial charge in [-0.3, -0.25) is 9.59 Å². The average molecular weight is 334 g/mol. The molecular formula is C15H18N4O3S. The lowest BCUT2D eigenvalue weighted by Crippen LogP contribution is -2.42. The molecule has 0 fully saturated rings. The van der Waals surface area contributed by atoms with Crippen molar-refractivity contribution in [1.29, 1.82) is 0 Å². The maximum atomic E-state index is 11.7. The largest absolute Gasteiger partial charge is 0.394 e. The number of aliphatic hydroxyl groups is 1. The number of hydrogen-bond donors (Lipinski definition) is 3. The highest BCUT2D eigenvalue weighted by molar-refractivity contribution is 7.99. The van der Waals surface area contributed by atoms with Gasteiger partial charge in [-0.05, 0) is 31.2 Å². The van der Waals surface area contributed by atoms with E-state index in [1.54, 1.807) is 25.3 Å². The summed E-state index contributed by atoms with van der Waals surface area (Å²) >= 11 is 1.50. The Hall–Kier alpha value is -2.32. The van der Waals surface area contributed by atoms with Crippen molar-refractivity contribution in [2.75, 3.05) is 11.9 Å². The van der Waals surface area contributed by atoms with Gasteiger partial charge in [0.15, 0.2) is 5.16 Å². The third kappa shape index (κ3) is 4.83. The number of aryl methyl sites for hydroxylation is 1. The number of anilines is 1. The van der Waals surface area contributed by atoms with Crippen LogP contribution < -0.4 is 10.6 Å². The summed E-state index contributed by atoms with van der Waals surface area (Å²) in [6.07, 6.45) is 3.59. The van der Waals surface area contributed by atoms with Crippen molar-refractivity contribution < 1.29 is 14.7 Å². The van der Waals surface area contributed by atoms with Gasteiger partial charge in [0.05, 0.1) is 6.61 Å². The highest BCUT2D eigenvalue weighted by Crippen LogP contribution is 2.26. The Balaban J connectivity index is 1.93. The van der Waals surface area contributed by atoms with E-state index in [9.17, 15) is 9.59 Å². The average Bonchev–Trinajstić information content (AvgIpc) is 2.94. The number of carbonyl (C=O) groups is 2. The zero-order valence-corrected chi connectivity index (χ0v) is 13.6. The molecule has 1 atom stereocenters. The van der Waals surface area contributed by atoms with Crippen molar-refractivity contribution in [2.24, 2.45) is 7.05 Å². The maximum Gasteiger partial charge on any atom is 0.313 e. The Morgan fingerprint density at radius 1 is 1.30 bits per heavy atom. The van der Waals surface area contributed by atoms with Gasteiger partial charge in [0.25, 0.3) is 0 Å². The summed E-state index contributed by atoms with van der Waals surface area (Å²) < 4.78 is 1.91. The van der Waals surface area contributed by atoms with E-state index in [2.05, 4.69) is 15.6 Å². The van der Waals surface area contributed by atoms with Crippen LogP contribution >= 0.6 is 11.8 Å². The quantitative estimate of drug-likeness (QED) is 0.709. The topological polar surface area (TPSA) is 96.2 Å². The number of aliphatic hydroxyl groups excluding tert-OH is 1. The Morgan fingerprint density at radius 2 is 2.00 bits per heavy atom. The molecule has 2 rings (SSSR count). The van der Waals surface area contributed by atoms with Crippen molar-refractivity contribution in [1.82, 2.24) is 14.9 Å². The summed E-state index contributed by atoms with van der Waals surface area (Å²) in [4.78, 5) is 28.5. The highest BCUT2D eigenvalue weighted by atomic mass is 32.2. The summed E-state index contributed by atoms with van der Waals surface area (Å²) in [6, 6.07) is 6.63. The molecule has 1 aromatic heterocycles. The molecule has 0 aliphatic heterocycles. The number of rotatable bonds is 5. The fraction of sp³-hybridized carbons (Fsp3) is 0.267. The number of nitrogens with one attached hydrogen (secondary N) is 2. The number of nitrogens with zero attached hydrogens (tertiary/aromatic N) is 2. The number of benzene rings is 1. The second-order valence-electron chi connectivity index (χ2n) is 4.96. The van der Waals surface area contributed by atoms with Crippen molar-refractivity contribution in [3.8, 4) is 0 Å². The number of carbonyl (C=O) groups excluding carboxylic acids is 2. The second-order valence-corrected chi connectivity index (χ2v) is 6.00. The van der Waals surface area contributed by atoms with Crippen molar-refractivity contribution >= 4 is 29.3 Å². The number of hydrogen-bond acceptors (Lipinski definition) is 5. The summed E-state index contributed by atoms with van der Waals surface area (Å²) in [5.74, 6) is -1.55. The lowest BCUT2D eigenvalue weighted by Gasteiger charge is -2.11. The summed E-state index contributed by atoms with van der Waals surface area (Å²) in [7, 11) is 1.91.